The van der Waals surface area contributed by atoms with Gasteiger partial charge in [0.2, 0.25) is 0 Å². The molecular weight excluding hydrogens is 418 g/mol. The van der Waals surface area contributed by atoms with Crippen LogP contribution in [0.5, 0.6) is 11.5 Å². The number of hydrogen-bond donors (Lipinski definition) is 4. The van der Waals surface area contributed by atoms with Gasteiger partial charge in [0, 0.05) is 21.3 Å². The van der Waals surface area contributed by atoms with E-state index in [0.29, 0.717) is 0 Å². The van der Waals surface area contributed by atoms with Crippen LogP contribution in [0.25, 0.3) is 0 Å². The predicted octanol–water partition coefficient (Wildman–Crippen LogP) is -4.47. The Balaban J connectivity index is 0.00000338. The molecule has 0 saturated heterocycles. The van der Waals surface area contributed by atoms with Gasteiger partial charge in [0.1, 0.15) is 0 Å². The van der Waals surface area contributed by atoms with E-state index in [1.807, 2.05) is 0 Å². The Morgan fingerprint density at radius 1 is 0.741 bits per heavy atom. The van der Waals surface area contributed by atoms with E-state index in [9.17, 15) is 27.0 Å². The van der Waals surface area contributed by atoms with Gasteiger partial charge in [0.25, 0.3) is 20.2 Å². The fourth-order valence-electron chi connectivity index (χ4n) is 2.20. The summed E-state index contributed by atoms with van der Waals surface area (Å²) in [7, 11) is -9.46. The summed E-state index contributed by atoms with van der Waals surface area (Å²) in [5.74, 6) is -1.40. The number of phenolic OH excluding ortho intramolecular Hbond substituents is 2. The average Bonchev–Trinajstić information content (AvgIpc) is 2.45. The molecule has 8 nitrogen and oxygen atoms in total. The molecule has 2 aromatic rings. The van der Waals surface area contributed by atoms with E-state index in [1.165, 1.54) is 12.1 Å². The molecule has 2 rings (SSSR count). The Hall–Kier alpha value is -0.140. The molecule has 12 heteroatoms. The molecule has 0 saturated carbocycles. The second kappa shape index (κ2) is 9.12. The molecule has 0 amide bonds. The number of aromatic hydroxyl groups is 2. The molecular formula is C15H14Na2O8S2. The van der Waals surface area contributed by atoms with Crippen LogP contribution >= 0.6 is 0 Å². The summed E-state index contributed by atoms with van der Waals surface area (Å²) in [6, 6.07) is 9.51. The van der Waals surface area contributed by atoms with E-state index >= 15 is 0 Å². The van der Waals surface area contributed by atoms with E-state index in [1.54, 1.807) is 13.8 Å². The zero-order valence-electron chi connectivity index (χ0n) is 15.0. The van der Waals surface area contributed by atoms with E-state index in [0.717, 1.165) is 12.1 Å². The maximum atomic E-state index is 11.3. The van der Waals surface area contributed by atoms with Gasteiger partial charge >= 0.3 is 59.1 Å². The first-order chi connectivity index (χ1) is 11.2. The van der Waals surface area contributed by atoms with Crippen LogP contribution in [0.4, 0.5) is 0 Å². The van der Waals surface area contributed by atoms with Gasteiger partial charge in [-0.3, -0.25) is 9.11 Å². The summed E-state index contributed by atoms with van der Waals surface area (Å²) >= 11 is 0. The van der Waals surface area contributed by atoms with E-state index in [4.69, 9.17) is 9.11 Å². The molecule has 0 radical (unpaired) electrons. The number of phenols is 2. The van der Waals surface area contributed by atoms with Crippen molar-refractivity contribution in [3.8, 4) is 11.5 Å². The van der Waals surface area contributed by atoms with Crippen LogP contribution in [0, 0.1) is 12.1 Å². The zero-order valence-corrected chi connectivity index (χ0v) is 20.7. The second-order valence-electron chi connectivity index (χ2n) is 5.75. The molecule has 0 heterocycles. The Bertz CT molecular complexity index is 964. The van der Waals surface area contributed by atoms with E-state index < -0.39 is 46.9 Å². The molecule has 136 valence electrons. The molecule has 0 bridgehead atoms. The van der Waals surface area contributed by atoms with Crippen LogP contribution in [0.15, 0.2) is 34.1 Å². The monoisotopic (exact) mass is 432 g/mol. The summed E-state index contributed by atoms with van der Waals surface area (Å²) in [5, 5.41) is 19.1. The van der Waals surface area contributed by atoms with Crippen molar-refractivity contribution in [2.24, 2.45) is 0 Å². The first-order valence-electron chi connectivity index (χ1n) is 6.71. The first-order valence-corrected chi connectivity index (χ1v) is 9.59. The number of hydrogen-bond acceptors (Lipinski definition) is 6. The van der Waals surface area contributed by atoms with Crippen molar-refractivity contribution in [2.75, 3.05) is 0 Å². The second-order valence-corrected chi connectivity index (χ2v) is 8.46. The molecule has 0 aliphatic rings. The third-order valence-electron chi connectivity index (χ3n) is 3.64. The van der Waals surface area contributed by atoms with Crippen LogP contribution in [0.1, 0.15) is 25.0 Å². The standard InChI is InChI=1S/C15H14O8S2.2Na/c1-15(2,9-3-5-11(16)13(7-9)24(18,19)20)10-4-6-12(17)14(8-10)25(21,22)23;;/h3-6,16-17H,1-2H3,(H,18,19,20)(H,21,22,23);;/q-2;2*+1. The Morgan fingerprint density at radius 2 is 1.04 bits per heavy atom. The van der Waals surface area contributed by atoms with E-state index in [2.05, 4.69) is 12.1 Å². The maximum Gasteiger partial charge on any atom is 1.00 e. The maximum absolute atomic E-state index is 11.3. The van der Waals surface area contributed by atoms with Gasteiger partial charge in [-0.15, -0.1) is 12.1 Å². The van der Waals surface area contributed by atoms with Crippen molar-refractivity contribution < 1.29 is 95.3 Å². The first kappa shape index (κ1) is 26.9. The fourth-order valence-corrected chi connectivity index (χ4v) is 3.34. The van der Waals surface area contributed by atoms with Crippen LogP contribution in [-0.2, 0) is 25.7 Å². The summed E-state index contributed by atoms with van der Waals surface area (Å²) in [5.41, 5.74) is -0.734. The molecule has 0 unspecified atom stereocenters. The minimum Gasteiger partial charge on any atom is -0.564 e. The Kier molecular flexibility index (Phi) is 9.07. The van der Waals surface area contributed by atoms with Crippen molar-refractivity contribution in [3.63, 3.8) is 0 Å². The largest absolute Gasteiger partial charge is 1.00 e. The normalized spacial score (nSPS) is 12.0. The molecule has 0 aliphatic heterocycles. The van der Waals surface area contributed by atoms with Gasteiger partial charge < -0.3 is 10.2 Å². The molecule has 4 N–H and O–H groups in total. The third-order valence-corrected chi connectivity index (χ3v) is 5.29. The van der Waals surface area contributed by atoms with Gasteiger partial charge in [-0.2, -0.15) is 52.2 Å². The smallest absolute Gasteiger partial charge is 0.564 e. The van der Waals surface area contributed by atoms with Crippen LogP contribution in [0.3, 0.4) is 0 Å². The minimum atomic E-state index is -4.73. The van der Waals surface area contributed by atoms with Crippen LogP contribution in [-0.4, -0.2) is 36.2 Å². The fraction of sp³-hybridized carbons (Fsp3) is 0.200. The molecule has 27 heavy (non-hydrogen) atoms. The molecule has 0 atom stereocenters. The van der Waals surface area contributed by atoms with Gasteiger partial charge in [-0.1, -0.05) is 13.8 Å². The van der Waals surface area contributed by atoms with Crippen molar-refractivity contribution in [1.82, 2.24) is 0 Å². The Morgan fingerprint density at radius 3 is 1.30 bits per heavy atom. The topological polar surface area (TPSA) is 149 Å². The van der Waals surface area contributed by atoms with Gasteiger partial charge in [-0.05, 0) is 5.41 Å². The minimum absolute atomic E-state index is 0. The van der Waals surface area contributed by atoms with Crippen LogP contribution in [0.2, 0.25) is 0 Å². The summed E-state index contributed by atoms with van der Waals surface area (Å²) in [6.07, 6.45) is 0. The van der Waals surface area contributed by atoms with Gasteiger partial charge in [0.05, 0.1) is 0 Å². The molecule has 0 spiro atoms. The zero-order chi connectivity index (χ0) is 19.2. The predicted molar refractivity (Wildman–Crippen MR) is 85.6 cm³/mol. The van der Waals surface area contributed by atoms with Gasteiger partial charge in [-0.25, -0.2) is 0 Å². The summed E-state index contributed by atoms with van der Waals surface area (Å²) in [4.78, 5) is -1.65. The number of benzene rings is 2. The summed E-state index contributed by atoms with van der Waals surface area (Å²) < 4.78 is 63.5. The van der Waals surface area contributed by atoms with Crippen molar-refractivity contribution in [2.45, 2.75) is 29.1 Å². The quantitative estimate of drug-likeness (QED) is 0.215. The SMILES string of the molecule is CC(C)(c1[c-]c(S(=O)(=O)O)c(O)cc1)c1[c-]c(S(=O)(=O)O)c(O)cc1.[Na+].[Na+]. The van der Waals surface area contributed by atoms with Crippen molar-refractivity contribution in [3.05, 3.63) is 47.5 Å². The molecule has 0 fully saturated rings. The molecule has 2 aromatic carbocycles. The molecule has 0 aliphatic carbocycles. The van der Waals surface area contributed by atoms with E-state index in [-0.39, 0.29) is 70.2 Å². The van der Waals surface area contributed by atoms with Crippen molar-refractivity contribution in [1.29, 1.82) is 0 Å². The van der Waals surface area contributed by atoms with Gasteiger partial charge in [0.15, 0.2) is 0 Å². The molecule has 0 aromatic heterocycles. The third kappa shape index (κ3) is 5.92. The number of rotatable bonds is 4. The van der Waals surface area contributed by atoms with Crippen molar-refractivity contribution >= 4 is 20.2 Å². The Labute approximate surface area is 201 Å². The summed E-state index contributed by atoms with van der Waals surface area (Å²) in [6.45, 7) is 3.14. The van der Waals surface area contributed by atoms with Crippen LogP contribution < -0.4 is 59.1 Å². The average molecular weight is 432 g/mol.